The SMILES string of the molecule is CC(C)C[C@H](SC[C@H](O)[C@H](CC1CCCCC1)NC(=O)[C@H](Cc1c[nH]cn1)NC(=O)[C@H](Cc1ccccc1)NC(=O)OC(C)(C)C)C(=O)O. The molecular formula is C36H55N5O7S. The molecule has 3 amide bonds. The van der Waals surface area contributed by atoms with E-state index in [4.69, 9.17) is 4.74 Å². The highest BCUT2D eigenvalue weighted by atomic mass is 32.2. The van der Waals surface area contributed by atoms with Gasteiger partial charge in [0.1, 0.15) is 22.9 Å². The third kappa shape index (κ3) is 14.8. The monoisotopic (exact) mass is 701 g/mol. The minimum atomic E-state index is -1.09. The first-order chi connectivity index (χ1) is 23.2. The zero-order chi connectivity index (χ0) is 36.0. The van der Waals surface area contributed by atoms with Crippen LogP contribution in [-0.2, 0) is 32.0 Å². The van der Waals surface area contributed by atoms with Crippen LogP contribution in [0, 0.1) is 11.8 Å². The van der Waals surface area contributed by atoms with Crippen LogP contribution >= 0.6 is 11.8 Å². The molecule has 1 fully saturated rings. The second kappa shape index (κ2) is 19.6. The number of aliphatic hydroxyl groups excluding tert-OH is 1. The summed E-state index contributed by atoms with van der Waals surface area (Å²) < 4.78 is 5.43. The van der Waals surface area contributed by atoms with Crippen molar-refractivity contribution in [1.29, 1.82) is 0 Å². The van der Waals surface area contributed by atoms with E-state index in [9.17, 15) is 29.4 Å². The number of thioether (sulfide) groups is 1. The smallest absolute Gasteiger partial charge is 0.408 e. The molecule has 6 N–H and O–H groups in total. The fourth-order valence-corrected chi connectivity index (χ4v) is 7.30. The Morgan fingerprint density at radius 1 is 0.980 bits per heavy atom. The highest BCUT2D eigenvalue weighted by Crippen LogP contribution is 2.29. The van der Waals surface area contributed by atoms with Crippen LogP contribution in [0.2, 0.25) is 0 Å². The van der Waals surface area contributed by atoms with E-state index in [0.717, 1.165) is 37.7 Å². The minimum Gasteiger partial charge on any atom is -0.480 e. The molecule has 1 aliphatic rings. The second-order valence-corrected chi connectivity index (χ2v) is 15.7. The molecule has 13 heteroatoms. The molecule has 0 radical (unpaired) electrons. The molecule has 5 atom stereocenters. The summed E-state index contributed by atoms with van der Waals surface area (Å²) in [6.45, 7) is 9.10. The van der Waals surface area contributed by atoms with Gasteiger partial charge in [0.15, 0.2) is 0 Å². The quantitative estimate of drug-likeness (QED) is 0.129. The average molecular weight is 702 g/mol. The number of aliphatic hydroxyl groups is 1. The number of H-pyrrole nitrogens is 1. The third-order valence-corrected chi connectivity index (χ3v) is 9.75. The molecule has 0 spiro atoms. The summed E-state index contributed by atoms with van der Waals surface area (Å²) in [5.74, 6) is -1.40. The van der Waals surface area contributed by atoms with Gasteiger partial charge in [0.25, 0.3) is 0 Å². The molecule has 1 aliphatic carbocycles. The molecule has 1 aromatic carbocycles. The van der Waals surface area contributed by atoms with Crippen molar-refractivity contribution in [3.05, 3.63) is 54.1 Å². The molecule has 1 saturated carbocycles. The molecule has 1 aromatic heterocycles. The first kappa shape index (κ1) is 39.9. The summed E-state index contributed by atoms with van der Waals surface area (Å²) in [4.78, 5) is 59.7. The number of aliphatic carboxylic acids is 1. The number of carboxylic acids is 1. The van der Waals surface area contributed by atoms with Crippen LogP contribution < -0.4 is 16.0 Å². The van der Waals surface area contributed by atoms with Gasteiger partial charge in [-0.15, -0.1) is 11.8 Å². The van der Waals surface area contributed by atoms with Crippen molar-refractivity contribution in [2.24, 2.45) is 11.8 Å². The molecule has 12 nitrogen and oxygen atoms in total. The van der Waals surface area contributed by atoms with Crippen molar-refractivity contribution < 1.29 is 34.1 Å². The molecule has 49 heavy (non-hydrogen) atoms. The lowest BCUT2D eigenvalue weighted by Crippen LogP contribution is -2.58. The van der Waals surface area contributed by atoms with Crippen LogP contribution in [0.4, 0.5) is 4.79 Å². The van der Waals surface area contributed by atoms with Crippen LogP contribution in [0.1, 0.15) is 90.8 Å². The zero-order valence-corrected chi connectivity index (χ0v) is 30.3. The molecule has 0 bridgehead atoms. The number of aromatic nitrogens is 2. The first-order valence-corrected chi connectivity index (χ1v) is 18.4. The summed E-state index contributed by atoms with van der Waals surface area (Å²) in [7, 11) is 0. The fourth-order valence-electron chi connectivity index (χ4n) is 5.98. The van der Waals surface area contributed by atoms with Crippen molar-refractivity contribution in [3.8, 4) is 0 Å². The third-order valence-electron chi connectivity index (χ3n) is 8.42. The van der Waals surface area contributed by atoms with Gasteiger partial charge in [-0.3, -0.25) is 14.4 Å². The second-order valence-electron chi connectivity index (χ2n) is 14.4. The maximum Gasteiger partial charge on any atom is 0.408 e. The van der Waals surface area contributed by atoms with Gasteiger partial charge in [-0.25, -0.2) is 9.78 Å². The summed E-state index contributed by atoms with van der Waals surface area (Å²) in [5.41, 5.74) is 0.557. The lowest BCUT2D eigenvalue weighted by molar-refractivity contribution is -0.136. The number of benzene rings is 1. The topological polar surface area (TPSA) is 183 Å². The summed E-state index contributed by atoms with van der Waals surface area (Å²) in [6.07, 6.45) is 7.86. The number of alkyl carbamates (subject to hydrolysis) is 1. The number of hydrogen-bond acceptors (Lipinski definition) is 8. The number of rotatable bonds is 18. The van der Waals surface area contributed by atoms with E-state index in [1.54, 1.807) is 27.0 Å². The largest absolute Gasteiger partial charge is 0.480 e. The van der Waals surface area contributed by atoms with Gasteiger partial charge in [0, 0.05) is 24.8 Å². The average Bonchev–Trinajstić information content (AvgIpc) is 3.55. The number of imidazole rings is 1. The number of carbonyl (C=O) groups is 4. The number of nitrogens with one attached hydrogen (secondary N) is 4. The van der Waals surface area contributed by atoms with Gasteiger partial charge in [-0.2, -0.15) is 0 Å². The Bertz CT molecular complexity index is 1310. The van der Waals surface area contributed by atoms with E-state index >= 15 is 0 Å². The van der Waals surface area contributed by atoms with Crippen LogP contribution in [0.3, 0.4) is 0 Å². The van der Waals surface area contributed by atoms with Gasteiger partial charge in [-0.1, -0.05) is 76.3 Å². The van der Waals surface area contributed by atoms with Gasteiger partial charge in [0.05, 0.1) is 24.2 Å². The summed E-state index contributed by atoms with van der Waals surface area (Å²) >= 11 is 1.18. The number of hydrogen-bond donors (Lipinski definition) is 6. The van der Waals surface area contributed by atoms with Crippen molar-refractivity contribution in [3.63, 3.8) is 0 Å². The Hall–Kier alpha value is -3.58. The van der Waals surface area contributed by atoms with E-state index in [1.165, 1.54) is 18.1 Å². The normalized spacial score (nSPS) is 17.0. The van der Waals surface area contributed by atoms with Crippen molar-refractivity contribution in [2.45, 2.75) is 127 Å². The maximum absolute atomic E-state index is 14.1. The molecule has 2 aromatic rings. The Kier molecular flexibility index (Phi) is 15.9. The lowest BCUT2D eigenvalue weighted by atomic mass is 9.83. The molecule has 0 saturated heterocycles. The molecule has 272 valence electrons. The van der Waals surface area contributed by atoms with Crippen molar-refractivity contribution in [2.75, 3.05) is 5.75 Å². The number of aromatic amines is 1. The predicted octanol–water partition coefficient (Wildman–Crippen LogP) is 4.62. The number of carbonyl (C=O) groups excluding carboxylic acids is 3. The Balaban J connectivity index is 1.82. The number of amides is 3. The first-order valence-electron chi connectivity index (χ1n) is 17.3. The standard InChI is InChI=1S/C36H55N5O7S/c1-23(2)16-31(34(45)46)49-21-30(42)27(17-24-12-8-6-9-13-24)39-33(44)29(19-26-20-37-22-38-26)40-32(43)28(18-25-14-10-7-11-15-25)41-35(47)48-36(3,4)5/h7,10-11,14-15,20,22-24,27-31,42H,6,8-9,12-13,16-19,21H2,1-5H3,(H,37,38)(H,39,44)(H,40,43)(H,41,47)(H,45,46)/t27-,28-,29-,30-,31-/m0/s1. The molecule has 3 rings (SSSR count). The Morgan fingerprint density at radius 3 is 2.22 bits per heavy atom. The summed E-state index contributed by atoms with van der Waals surface area (Å²) in [5, 5.41) is 29.0. The lowest BCUT2D eigenvalue weighted by Gasteiger charge is -2.32. The zero-order valence-electron chi connectivity index (χ0n) is 29.4. The van der Waals surface area contributed by atoms with E-state index in [0.29, 0.717) is 24.5 Å². The number of nitrogens with zero attached hydrogens (tertiary/aromatic N) is 1. The van der Waals surface area contributed by atoms with E-state index < -0.39 is 59.0 Å². The predicted molar refractivity (Wildman–Crippen MR) is 190 cm³/mol. The van der Waals surface area contributed by atoms with Crippen LogP contribution in [0.15, 0.2) is 42.9 Å². The summed E-state index contributed by atoms with van der Waals surface area (Å²) in [6, 6.07) is 6.41. The fraction of sp³-hybridized carbons (Fsp3) is 0.639. The number of ether oxygens (including phenoxy) is 1. The molecule has 1 heterocycles. The highest BCUT2D eigenvalue weighted by Gasteiger charge is 2.33. The van der Waals surface area contributed by atoms with Crippen LogP contribution in [0.25, 0.3) is 0 Å². The van der Waals surface area contributed by atoms with E-state index in [-0.39, 0.29) is 24.5 Å². The highest BCUT2D eigenvalue weighted by molar-refractivity contribution is 8.00. The van der Waals surface area contributed by atoms with Gasteiger partial charge < -0.3 is 35.9 Å². The Morgan fingerprint density at radius 2 is 1.63 bits per heavy atom. The van der Waals surface area contributed by atoms with E-state index in [1.807, 2.05) is 44.2 Å². The Labute approximate surface area is 294 Å². The van der Waals surface area contributed by atoms with Gasteiger partial charge in [-0.05, 0) is 51.0 Å². The molecule has 0 aliphatic heterocycles. The van der Waals surface area contributed by atoms with Crippen LogP contribution in [-0.4, -0.2) is 84.9 Å². The van der Waals surface area contributed by atoms with Gasteiger partial charge in [0.2, 0.25) is 11.8 Å². The van der Waals surface area contributed by atoms with Crippen molar-refractivity contribution in [1.82, 2.24) is 25.9 Å². The number of carboxylic acid groups (broad SMARTS) is 1. The van der Waals surface area contributed by atoms with Gasteiger partial charge >= 0.3 is 12.1 Å². The van der Waals surface area contributed by atoms with E-state index in [2.05, 4.69) is 25.9 Å². The maximum atomic E-state index is 14.1. The molecular weight excluding hydrogens is 646 g/mol. The minimum absolute atomic E-state index is 0.0576. The van der Waals surface area contributed by atoms with Crippen LogP contribution in [0.5, 0.6) is 0 Å². The molecule has 0 unspecified atom stereocenters. The van der Waals surface area contributed by atoms with Crippen molar-refractivity contribution >= 4 is 35.6 Å².